The number of hydrogen-bond acceptors (Lipinski definition) is 12. The first-order chi connectivity index (χ1) is 32.1. The molecule has 2 N–H and O–H groups in total. The first kappa shape index (κ1) is 42.1. The van der Waals surface area contributed by atoms with E-state index in [1.54, 1.807) is 48.5 Å². The number of fused-ring (bicyclic) bond motifs is 3. The third-order valence-corrected chi connectivity index (χ3v) is 13.1. The molecule has 10 rings (SSSR count). The summed E-state index contributed by atoms with van der Waals surface area (Å²) >= 11 is 0. The van der Waals surface area contributed by atoms with Crippen LogP contribution in [0.4, 0.5) is 27.5 Å². The highest BCUT2D eigenvalue weighted by Crippen LogP contribution is 2.66. The van der Waals surface area contributed by atoms with Crippen LogP contribution in [0.3, 0.4) is 0 Å². The van der Waals surface area contributed by atoms with E-state index in [0.29, 0.717) is 54.2 Å². The fraction of sp³-hybridized carbons (Fsp3) is 0.216. The summed E-state index contributed by atoms with van der Waals surface area (Å²) in [5.41, 5.74) is 1.97. The molecule has 0 unspecified atom stereocenters. The molecule has 4 aliphatic heterocycles. The number of carbonyl (C=O) groups is 4. The van der Waals surface area contributed by atoms with E-state index in [1.807, 2.05) is 77.7 Å². The molecule has 3 amide bonds. The van der Waals surface area contributed by atoms with Crippen molar-refractivity contribution >= 4 is 46.6 Å². The Morgan fingerprint density at radius 2 is 1.39 bits per heavy atom. The number of non-ortho nitro benzene ring substituents is 1. The Balaban J connectivity index is 1.15. The monoisotopic (exact) mass is 885 g/mol. The Kier molecular flexibility index (Phi) is 11.0. The van der Waals surface area contributed by atoms with E-state index >= 15 is 14.4 Å². The SMILES string of the molecule is O=C1O[C@H](c2ccccc2)[C@H](c2ccccc2)N2[C@H]1[C@@H](C(=O)Nc1ccc(N3CCOCC3)cc1)[C@]1(C(=O)N(C(=O)OCc3ccc([N+](=O)[O-])cc3)c3ccccc31)[C@H]2c1ccc(O)cc1. The number of amides is 3. The van der Waals surface area contributed by atoms with Gasteiger partial charge in [0.15, 0.2) is 0 Å². The maximum Gasteiger partial charge on any atom is 0.421 e. The van der Waals surface area contributed by atoms with Crippen molar-refractivity contribution in [3.05, 3.63) is 196 Å². The van der Waals surface area contributed by atoms with Crippen molar-refractivity contribution in [2.24, 2.45) is 5.92 Å². The number of nitro groups is 1. The number of morpholine rings is 2. The summed E-state index contributed by atoms with van der Waals surface area (Å²) in [7, 11) is 0. The highest BCUT2D eigenvalue weighted by atomic mass is 16.6. The fourth-order valence-corrected chi connectivity index (χ4v) is 10.2. The van der Waals surface area contributed by atoms with Gasteiger partial charge in [-0.05, 0) is 82.4 Å². The van der Waals surface area contributed by atoms with Crippen LogP contribution in [-0.4, -0.2) is 71.2 Å². The lowest BCUT2D eigenvalue weighted by molar-refractivity contribution is -0.384. The molecule has 0 saturated carbocycles. The molecule has 6 aromatic rings. The van der Waals surface area contributed by atoms with Crippen LogP contribution in [0.1, 0.15) is 46.0 Å². The van der Waals surface area contributed by atoms with Crippen LogP contribution < -0.4 is 15.1 Å². The first-order valence-corrected chi connectivity index (χ1v) is 21.6. The zero-order valence-corrected chi connectivity index (χ0v) is 35.3. The van der Waals surface area contributed by atoms with E-state index < -0.39 is 64.4 Å². The van der Waals surface area contributed by atoms with E-state index in [4.69, 9.17) is 14.2 Å². The standard InChI is InChI=1S/C51H43N5O10/c57-39-25-17-35(18-26-39)46-51(40-13-7-8-14-41(40)54(49(51)60)50(61)65-31-32-15-21-38(22-16-32)56(62)63)42(47(58)52-36-19-23-37(24-20-36)53-27-29-64-30-28-53)44-48(59)66-45(34-11-5-2-6-12-34)43(55(44)46)33-9-3-1-4-10-33/h1-26,42-46,57H,27-31H2,(H,52,58)/t42-,43-,44-,45+,46+,51-/m0/s1. The van der Waals surface area contributed by atoms with Crippen molar-refractivity contribution in [1.82, 2.24) is 4.90 Å². The first-order valence-electron chi connectivity index (χ1n) is 21.6. The molecule has 3 saturated heterocycles. The minimum atomic E-state index is -2.01. The fourth-order valence-electron chi connectivity index (χ4n) is 10.2. The number of imide groups is 1. The number of benzene rings is 6. The van der Waals surface area contributed by atoms with Crippen LogP contribution in [0.15, 0.2) is 158 Å². The van der Waals surface area contributed by atoms with Crippen LogP contribution in [0.2, 0.25) is 0 Å². The maximum atomic E-state index is 16.2. The number of phenolic OH excluding ortho intramolecular Hbond substituents is 1. The van der Waals surface area contributed by atoms with Gasteiger partial charge in [0.1, 0.15) is 29.9 Å². The Hall–Kier alpha value is -7.88. The van der Waals surface area contributed by atoms with Gasteiger partial charge in [0.2, 0.25) is 11.8 Å². The number of cyclic esters (lactones) is 1. The lowest BCUT2D eigenvalue weighted by atomic mass is 9.65. The Bertz CT molecular complexity index is 2810. The molecule has 15 nitrogen and oxygen atoms in total. The molecule has 0 radical (unpaired) electrons. The number of carbonyl (C=O) groups excluding carboxylic acids is 4. The van der Waals surface area contributed by atoms with E-state index in [-0.39, 0.29) is 23.7 Å². The summed E-state index contributed by atoms with van der Waals surface area (Å²) in [5, 5.41) is 25.0. The predicted octanol–water partition coefficient (Wildman–Crippen LogP) is 7.78. The molecular weight excluding hydrogens is 843 g/mol. The molecule has 0 aliphatic carbocycles. The number of nitrogens with zero attached hydrogens (tertiary/aromatic N) is 4. The van der Waals surface area contributed by atoms with Crippen LogP contribution in [0.5, 0.6) is 5.75 Å². The molecule has 4 heterocycles. The normalized spacial score (nSPS) is 23.5. The zero-order chi connectivity index (χ0) is 45.5. The number of hydrogen-bond donors (Lipinski definition) is 2. The molecule has 66 heavy (non-hydrogen) atoms. The average Bonchev–Trinajstić information content (AvgIpc) is 3.81. The third-order valence-electron chi connectivity index (χ3n) is 13.1. The van der Waals surface area contributed by atoms with Gasteiger partial charge in [-0.25, -0.2) is 9.69 Å². The van der Waals surface area contributed by atoms with Gasteiger partial charge in [0.25, 0.3) is 5.69 Å². The largest absolute Gasteiger partial charge is 0.508 e. The summed E-state index contributed by atoms with van der Waals surface area (Å²) in [6.45, 7) is 2.25. The number of rotatable bonds is 9. The van der Waals surface area contributed by atoms with Gasteiger partial charge in [0.05, 0.1) is 41.8 Å². The molecule has 0 aromatic heterocycles. The topological polar surface area (TPSA) is 181 Å². The van der Waals surface area contributed by atoms with Gasteiger partial charge >= 0.3 is 12.1 Å². The lowest BCUT2D eigenvalue weighted by Gasteiger charge is -2.46. The van der Waals surface area contributed by atoms with Gasteiger partial charge in [0, 0.05) is 36.6 Å². The predicted molar refractivity (Wildman–Crippen MR) is 241 cm³/mol. The number of esters is 1. The van der Waals surface area contributed by atoms with Gasteiger partial charge in [-0.1, -0.05) is 91.0 Å². The third kappa shape index (κ3) is 7.18. The van der Waals surface area contributed by atoms with Gasteiger partial charge in [-0.3, -0.25) is 29.4 Å². The van der Waals surface area contributed by atoms with Crippen LogP contribution in [-0.2, 0) is 40.6 Å². The molecule has 6 atom stereocenters. The quantitative estimate of drug-likeness (QED) is 0.0819. The van der Waals surface area contributed by atoms with Crippen molar-refractivity contribution in [1.29, 1.82) is 0 Å². The second kappa shape index (κ2) is 17.3. The van der Waals surface area contributed by atoms with E-state index in [2.05, 4.69) is 10.2 Å². The molecule has 0 bridgehead atoms. The van der Waals surface area contributed by atoms with Crippen molar-refractivity contribution < 1.29 is 43.4 Å². The Morgan fingerprint density at radius 3 is 2.06 bits per heavy atom. The number of nitro benzene ring substituents is 1. The lowest BCUT2D eigenvalue weighted by Crippen LogP contribution is -2.54. The van der Waals surface area contributed by atoms with Crippen molar-refractivity contribution in [2.75, 3.05) is 41.4 Å². The molecule has 332 valence electrons. The number of ether oxygens (including phenoxy) is 3. The summed E-state index contributed by atoms with van der Waals surface area (Å²) in [4.78, 5) is 77.4. The summed E-state index contributed by atoms with van der Waals surface area (Å²) < 4.78 is 17.8. The molecule has 4 aliphatic rings. The van der Waals surface area contributed by atoms with E-state index in [9.17, 15) is 20.0 Å². The molecule has 1 spiro atoms. The molecular formula is C51H43N5O10. The second-order valence-electron chi connectivity index (χ2n) is 16.6. The molecule has 15 heteroatoms. The van der Waals surface area contributed by atoms with Crippen molar-refractivity contribution in [3.63, 3.8) is 0 Å². The summed E-state index contributed by atoms with van der Waals surface area (Å²) in [5.74, 6) is -3.82. The van der Waals surface area contributed by atoms with Gasteiger partial charge in [-0.2, -0.15) is 0 Å². The maximum absolute atomic E-state index is 16.2. The smallest absolute Gasteiger partial charge is 0.421 e. The number of para-hydroxylation sites is 1. The minimum absolute atomic E-state index is 0.0495. The minimum Gasteiger partial charge on any atom is -0.508 e. The van der Waals surface area contributed by atoms with Crippen LogP contribution in [0, 0.1) is 16.0 Å². The number of phenols is 1. The Morgan fingerprint density at radius 1 is 0.758 bits per heavy atom. The number of aromatic hydroxyl groups is 1. The number of anilines is 3. The van der Waals surface area contributed by atoms with Crippen LogP contribution in [0.25, 0.3) is 0 Å². The average molecular weight is 886 g/mol. The van der Waals surface area contributed by atoms with Gasteiger partial charge < -0.3 is 29.5 Å². The second-order valence-corrected chi connectivity index (χ2v) is 16.6. The van der Waals surface area contributed by atoms with Crippen LogP contribution >= 0.6 is 0 Å². The van der Waals surface area contributed by atoms with Crippen molar-refractivity contribution in [3.8, 4) is 5.75 Å². The van der Waals surface area contributed by atoms with E-state index in [1.165, 1.54) is 36.4 Å². The highest BCUT2D eigenvalue weighted by Gasteiger charge is 2.75. The summed E-state index contributed by atoms with van der Waals surface area (Å²) in [6.07, 6.45) is -1.97. The zero-order valence-electron chi connectivity index (χ0n) is 35.3. The van der Waals surface area contributed by atoms with Crippen molar-refractivity contribution in [2.45, 2.75) is 36.3 Å². The molecule has 3 fully saturated rings. The van der Waals surface area contributed by atoms with Gasteiger partial charge in [-0.15, -0.1) is 0 Å². The number of nitrogens with one attached hydrogen (secondary N) is 1. The van der Waals surface area contributed by atoms with E-state index in [0.717, 1.165) is 16.2 Å². The Labute approximate surface area is 378 Å². The molecule has 6 aromatic carbocycles. The highest BCUT2D eigenvalue weighted by molar-refractivity contribution is 6.24. The summed E-state index contributed by atoms with van der Waals surface area (Å²) in [6, 6.07) is 41.1.